The van der Waals surface area contributed by atoms with Gasteiger partial charge in [0.05, 0.1) is 18.8 Å². The zero-order chi connectivity index (χ0) is 40.7. The molecule has 0 aliphatic carbocycles. The fraction of sp³-hybridized carbons (Fsp3) is 0.942. The topological polar surface area (TPSA) is 69.6 Å². The smallest absolute Gasteiger partial charge is 0.220 e. The molecule has 1 amide bonds. The lowest BCUT2D eigenvalue weighted by molar-refractivity contribution is -0.123. The van der Waals surface area contributed by atoms with Crippen LogP contribution in [-0.4, -0.2) is 34.9 Å². The maximum Gasteiger partial charge on any atom is 0.220 e. The predicted molar refractivity (Wildman–Crippen MR) is 249 cm³/mol. The normalized spacial score (nSPS) is 12.9. The molecular formula is C52H103NO3. The molecule has 0 aromatic carbocycles. The first kappa shape index (κ1) is 55.1. The summed E-state index contributed by atoms with van der Waals surface area (Å²) in [6.45, 7) is 4.38. The van der Waals surface area contributed by atoms with E-state index < -0.39 is 12.1 Å². The van der Waals surface area contributed by atoms with Crippen LogP contribution in [-0.2, 0) is 4.79 Å². The van der Waals surface area contributed by atoms with Gasteiger partial charge in [-0.15, -0.1) is 0 Å². The van der Waals surface area contributed by atoms with E-state index in [1.165, 1.54) is 244 Å². The lowest BCUT2D eigenvalue weighted by atomic mass is 10.0. The van der Waals surface area contributed by atoms with Crippen molar-refractivity contribution in [2.24, 2.45) is 0 Å². The highest BCUT2D eigenvalue weighted by molar-refractivity contribution is 5.76. The third-order valence-electron chi connectivity index (χ3n) is 12.3. The minimum absolute atomic E-state index is 0.0354. The van der Waals surface area contributed by atoms with Crippen LogP contribution in [0.5, 0.6) is 0 Å². The van der Waals surface area contributed by atoms with E-state index in [0.717, 1.165) is 25.7 Å². The van der Waals surface area contributed by atoms with Crippen molar-refractivity contribution < 1.29 is 15.0 Å². The molecule has 0 spiro atoms. The van der Waals surface area contributed by atoms with Crippen molar-refractivity contribution in [2.75, 3.05) is 6.61 Å². The zero-order valence-electron chi connectivity index (χ0n) is 38.4. The molecule has 4 heteroatoms. The van der Waals surface area contributed by atoms with E-state index >= 15 is 0 Å². The van der Waals surface area contributed by atoms with Gasteiger partial charge >= 0.3 is 0 Å². The molecule has 0 saturated carbocycles. The molecule has 2 atom stereocenters. The van der Waals surface area contributed by atoms with Gasteiger partial charge in [-0.2, -0.15) is 0 Å². The monoisotopic (exact) mass is 790 g/mol. The summed E-state index contributed by atoms with van der Waals surface area (Å²) in [4.78, 5) is 12.4. The van der Waals surface area contributed by atoms with Crippen LogP contribution in [0.3, 0.4) is 0 Å². The van der Waals surface area contributed by atoms with Crippen molar-refractivity contribution in [3.63, 3.8) is 0 Å². The SMILES string of the molecule is CCCCCCCCC/C=C\CCCCCCCC(=O)NC(CO)C(O)CCCCCCCCCCCCCCCCCCCCCCCCCCCCCC. The molecule has 0 aromatic heterocycles. The minimum atomic E-state index is -0.660. The van der Waals surface area contributed by atoms with Gasteiger partial charge in [-0.05, 0) is 38.5 Å². The fourth-order valence-corrected chi connectivity index (χ4v) is 8.30. The van der Waals surface area contributed by atoms with Crippen LogP contribution in [0.15, 0.2) is 12.2 Å². The predicted octanol–water partition coefficient (Wildman–Crippen LogP) is 16.6. The van der Waals surface area contributed by atoms with Gasteiger partial charge in [-0.25, -0.2) is 0 Å². The number of rotatable bonds is 48. The molecule has 334 valence electrons. The van der Waals surface area contributed by atoms with Gasteiger partial charge in [0.1, 0.15) is 0 Å². The van der Waals surface area contributed by atoms with E-state index in [9.17, 15) is 15.0 Å². The van der Waals surface area contributed by atoms with Gasteiger partial charge in [-0.1, -0.05) is 264 Å². The first-order valence-corrected chi connectivity index (χ1v) is 25.9. The van der Waals surface area contributed by atoms with Crippen molar-refractivity contribution >= 4 is 5.91 Å². The second kappa shape index (κ2) is 48.5. The molecule has 0 bridgehead atoms. The van der Waals surface area contributed by atoms with Crippen molar-refractivity contribution in [2.45, 2.75) is 309 Å². The molecule has 0 radical (unpaired) electrons. The van der Waals surface area contributed by atoms with Gasteiger partial charge in [0.15, 0.2) is 0 Å². The van der Waals surface area contributed by atoms with Crippen molar-refractivity contribution in [3.8, 4) is 0 Å². The number of unbranched alkanes of at least 4 members (excludes halogenated alkanes) is 39. The molecule has 0 aromatic rings. The highest BCUT2D eigenvalue weighted by Crippen LogP contribution is 2.17. The van der Waals surface area contributed by atoms with E-state index in [2.05, 4.69) is 31.3 Å². The summed E-state index contributed by atoms with van der Waals surface area (Å²) in [7, 11) is 0. The van der Waals surface area contributed by atoms with Crippen LogP contribution in [0.2, 0.25) is 0 Å². The van der Waals surface area contributed by atoms with E-state index in [1.807, 2.05) is 0 Å². The summed E-state index contributed by atoms with van der Waals surface area (Å²) >= 11 is 0. The Hall–Kier alpha value is -0.870. The molecule has 0 aliphatic rings. The Balaban J connectivity index is 3.42. The van der Waals surface area contributed by atoms with Crippen molar-refractivity contribution in [1.82, 2.24) is 5.32 Å². The summed E-state index contributed by atoms with van der Waals surface area (Å²) in [6, 6.07) is -0.538. The summed E-state index contributed by atoms with van der Waals surface area (Å²) < 4.78 is 0. The molecular weight excluding hydrogens is 687 g/mol. The molecule has 2 unspecified atom stereocenters. The molecule has 3 N–H and O–H groups in total. The number of hydrogen-bond donors (Lipinski definition) is 3. The highest BCUT2D eigenvalue weighted by Gasteiger charge is 2.20. The highest BCUT2D eigenvalue weighted by atomic mass is 16.3. The quantitative estimate of drug-likeness (QED) is 0.0425. The number of hydrogen-bond acceptors (Lipinski definition) is 3. The minimum Gasteiger partial charge on any atom is -0.394 e. The Kier molecular flexibility index (Phi) is 47.7. The maximum absolute atomic E-state index is 12.4. The lowest BCUT2D eigenvalue weighted by Gasteiger charge is -2.22. The molecule has 4 nitrogen and oxygen atoms in total. The van der Waals surface area contributed by atoms with Crippen LogP contribution < -0.4 is 5.32 Å². The Morgan fingerprint density at radius 3 is 0.982 bits per heavy atom. The molecule has 0 rings (SSSR count). The van der Waals surface area contributed by atoms with Gasteiger partial charge in [0, 0.05) is 6.42 Å². The van der Waals surface area contributed by atoms with Crippen molar-refractivity contribution in [3.05, 3.63) is 12.2 Å². The molecule has 0 heterocycles. The Bertz CT molecular complexity index is 769. The standard InChI is InChI=1S/C52H103NO3/c1-3-5-7-9-11-13-15-17-19-21-22-23-24-25-26-27-28-29-30-31-32-33-35-37-39-41-43-45-47-51(55)50(49-54)53-52(56)48-46-44-42-40-38-36-34-20-18-16-14-12-10-8-6-4-2/h20,34,50-51,54-55H,3-19,21-33,35-49H2,1-2H3,(H,53,56)/b34-20-. The molecule has 0 saturated heterocycles. The summed E-state index contributed by atoms with van der Waals surface area (Å²) in [5.74, 6) is -0.0354. The van der Waals surface area contributed by atoms with Gasteiger partial charge in [0.25, 0.3) is 0 Å². The van der Waals surface area contributed by atoms with Gasteiger partial charge in [0.2, 0.25) is 5.91 Å². The molecule has 0 fully saturated rings. The summed E-state index contributed by atoms with van der Waals surface area (Å²) in [5, 5.41) is 23.3. The largest absolute Gasteiger partial charge is 0.394 e. The van der Waals surface area contributed by atoms with E-state index in [0.29, 0.717) is 12.8 Å². The second-order valence-corrected chi connectivity index (χ2v) is 17.9. The van der Waals surface area contributed by atoms with Crippen LogP contribution in [0, 0.1) is 0 Å². The van der Waals surface area contributed by atoms with E-state index in [-0.39, 0.29) is 12.5 Å². The Labute approximate surface area is 352 Å². The summed E-state index contributed by atoms with van der Waals surface area (Å²) in [6.07, 6.45) is 61.8. The average molecular weight is 790 g/mol. The Morgan fingerprint density at radius 1 is 0.411 bits per heavy atom. The summed E-state index contributed by atoms with van der Waals surface area (Å²) in [5.41, 5.74) is 0. The molecule has 0 aliphatic heterocycles. The fourth-order valence-electron chi connectivity index (χ4n) is 8.30. The average Bonchev–Trinajstić information content (AvgIpc) is 3.20. The number of allylic oxidation sites excluding steroid dienone is 2. The first-order chi connectivity index (χ1) is 27.7. The third kappa shape index (κ3) is 44.2. The number of aliphatic hydroxyl groups is 2. The van der Waals surface area contributed by atoms with Gasteiger partial charge < -0.3 is 15.5 Å². The van der Waals surface area contributed by atoms with Crippen LogP contribution in [0.25, 0.3) is 0 Å². The number of aliphatic hydroxyl groups excluding tert-OH is 2. The maximum atomic E-state index is 12.4. The van der Waals surface area contributed by atoms with Crippen molar-refractivity contribution in [1.29, 1.82) is 0 Å². The zero-order valence-corrected chi connectivity index (χ0v) is 38.4. The van der Waals surface area contributed by atoms with Crippen LogP contribution in [0.1, 0.15) is 296 Å². The van der Waals surface area contributed by atoms with E-state index in [1.54, 1.807) is 0 Å². The first-order valence-electron chi connectivity index (χ1n) is 25.9. The third-order valence-corrected chi connectivity index (χ3v) is 12.3. The second-order valence-electron chi connectivity index (χ2n) is 17.9. The van der Waals surface area contributed by atoms with Crippen LogP contribution in [0.4, 0.5) is 0 Å². The number of carbonyl (C=O) groups is 1. The van der Waals surface area contributed by atoms with E-state index in [4.69, 9.17) is 0 Å². The van der Waals surface area contributed by atoms with Crippen LogP contribution >= 0.6 is 0 Å². The number of nitrogens with one attached hydrogen (secondary N) is 1. The number of carbonyl (C=O) groups excluding carboxylic acids is 1. The lowest BCUT2D eigenvalue weighted by Crippen LogP contribution is -2.45. The molecule has 56 heavy (non-hydrogen) atoms. The number of amides is 1. The van der Waals surface area contributed by atoms with Gasteiger partial charge in [-0.3, -0.25) is 4.79 Å². The Morgan fingerprint density at radius 2 is 0.679 bits per heavy atom.